The maximum atomic E-state index is 12.6. The van der Waals surface area contributed by atoms with Gasteiger partial charge in [-0.05, 0) is 38.5 Å². The first-order valence-corrected chi connectivity index (χ1v) is 22.9. The summed E-state index contributed by atoms with van der Waals surface area (Å²) in [6, 6.07) is 0. The molecule has 51 heavy (non-hydrogen) atoms. The Labute approximate surface area is 316 Å². The normalized spacial score (nSPS) is 13.9. The molecule has 0 saturated carbocycles. The van der Waals surface area contributed by atoms with E-state index in [1.54, 1.807) is 0 Å². The average molecular weight is 746 g/mol. The fraction of sp³-hybridized carbons (Fsp3) is 0.929. The first-order valence-electron chi connectivity index (χ1n) is 21.4. The SMILES string of the molecule is CCCCCCCC/C=C/CCCCCCCCOCC(COP(=O)([O-])OCC[N+](C)(C)C)OC(=O)CCCCCCCCCCCCCCC. The van der Waals surface area contributed by atoms with Crippen LogP contribution >= 0.6 is 7.82 Å². The number of carbonyl (C=O) groups excluding carboxylic acids is 1. The fourth-order valence-corrected chi connectivity index (χ4v) is 6.68. The molecule has 0 heterocycles. The van der Waals surface area contributed by atoms with Crippen molar-refractivity contribution in [3.8, 4) is 0 Å². The van der Waals surface area contributed by atoms with E-state index < -0.39 is 13.9 Å². The molecule has 0 aromatic carbocycles. The van der Waals surface area contributed by atoms with Crippen molar-refractivity contribution in [2.75, 3.05) is 54.1 Å². The number of phosphoric acid groups is 1. The molecule has 8 nitrogen and oxygen atoms in total. The van der Waals surface area contributed by atoms with E-state index >= 15 is 0 Å². The smallest absolute Gasteiger partial charge is 0.306 e. The van der Waals surface area contributed by atoms with Gasteiger partial charge < -0.3 is 27.9 Å². The number of ether oxygens (including phenoxy) is 2. The van der Waals surface area contributed by atoms with Gasteiger partial charge in [0, 0.05) is 13.0 Å². The molecular weight excluding hydrogens is 661 g/mol. The Morgan fingerprint density at radius 2 is 1.02 bits per heavy atom. The molecule has 0 fully saturated rings. The van der Waals surface area contributed by atoms with Crippen LogP contribution in [0.2, 0.25) is 0 Å². The molecule has 0 saturated heterocycles. The summed E-state index contributed by atoms with van der Waals surface area (Å²) in [7, 11) is 1.36. The van der Waals surface area contributed by atoms with E-state index in [0.29, 0.717) is 24.1 Å². The summed E-state index contributed by atoms with van der Waals surface area (Å²) >= 11 is 0. The van der Waals surface area contributed by atoms with Gasteiger partial charge in [0.1, 0.15) is 19.3 Å². The lowest BCUT2D eigenvalue weighted by Gasteiger charge is -2.28. The predicted octanol–water partition coefficient (Wildman–Crippen LogP) is 11.6. The van der Waals surface area contributed by atoms with Crippen molar-refractivity contribution >= 4 is 13.8 Å². The Bertz CT molecular complexity index is 833. The van der Waals surface area contributed by atoms with Crippen molar-refractivity contribution in [1.82, 2.24) is 0 Å². The summed E-state index contributed by atoms with van der Waals surface area (Å²) in [6.45, 7) is 5.42. The third-order valence-corrected chi connectivity index (χ3v) is 10.3. The summed E-state index contributed by atoms with van der Waals surface area (Å²) in [4.78, 5) is 25.0. The third kappa shape index (κ3) is 40.3. The standard InChI is InChI=1S/C42H84NO7P/c1-6-8-10-12-14-16-18-20-21-22-24-26-28-30-32-34-37-47-39-41(40-49-51(45,46)48-38-36-43(3,4)5)50-42(44)35-33-31-29-27-25-23-19-17-15-13-11-9-7-2/h20-21,41H,6-19,22-40H2,1-5H3/b21-20+. The zero-order chi connectivity index (χ0) is 37.7. The first-order chi connectivity index (χ1) is 24.6. The number of hydrogen-bond donors (Lipinski definition) is 0. The second kappa shape index (κ2) is 36.2. The number of quaternary nitrogens is 1. The molecule has 0 N–H and O–H groups in total. The number of allylic oxidation sites excluding steroid dienone is 2. The number of nitrogens with zero attached hydrogens (tertiary/aromatic N) is 1. The molecule has 0 aromatic rings. The number of unbranched alkanes of at least 4 members (excludes halogenated alkanes) is 24. The van der Waals surface area contributed by atoms with Crippen molar-refractivity contribution in [2.45, 2.75) is 200 Å². The summed E-state index contributed by atoms with van der Waals surface area (Å²) in [5.74, 6) is -0.334. The number of hydrogen-bond acceptors (Lipinski definition) is 7. The zero-order valence-electron chi connectivity index (χ0n) is 34.3. The fourth-order valence-electron chi connectivity index (χ4n) is 5.95. The lowest BCUT2D eigenvalue weighted by Crippen LogP contribution is -2.37. The quantitative estimate of drug-likeness (QED) is 0.0203. The van der Waals surface area contributed by atoms with E-state index in [9.17, 15) is 14.3 Å². The molecule has 304 valence electrons. The van der Waals surface area contributed by atoms with Crippen LogP contribution in [0.1, 0.15) is 194 Å². The Morgan fingerprint density at radius 1 is 0.588 bits per heavy atom. The minimum absolute atomic E-state index is 0.0280. The molecule has 0 aliphatic heterocycles. The molecular formula is C42H84NO7P. The molecule has 0 rings (SSSR count). The van der Waals surface area contributed by atoms with Gasteiger partial charge in [-0.25, -0.2) is 0 Å². The van der Waals surface area contributed by atoms with E-state index in [1.165, 1.54) is 141 Å². The molecule has 0 spiro atoms. The van der Waals surface area contributed by atoms with E-state index in [-0.39, 0.29) is 25.8 Å². The maximum absolute atomic E-state index is 12.6. The van der Waals surface area contributed by atoms with Crippen LogP contribution in [0.15, 0.2) is 12.2 Å². The van der Waals surface area contributed by atoms with Gasteiger partial charge in [0.25, 0.3) is 7.82 Å². The Hall–Kier alpha value is -0.760. The highest BCUT2D eigenvalue weighted by Gasteiger charge is 2.20. The minimum Gasteiger partial charge on any atom is -0.756 e. The van der Waals surface area contributed by atoms with Crippen molar-refractivity contribution < 1.29 is 37.3 Å². The molecule has 0 aliphatic carbocycles. The molecule has 0 aliphatic rings. The third-order valence-electron chi connectivity index (χ3n) is 9.32. The van der Waals surface area contributed by atoms with Crippen LogP contribution in [0.25, 0.3) is 0 Å². The van der Waals surface area contributed by atoms with Crippen LogP contribution in [0, 0.1) is 0 Å². The van der Waals surface area contributed by atoms with Crippen LogP contribution in [0.3, 0.4) is 0 Å². The van der Waals surface area contributed by atoms with Gasteiger partial charge in [0.05, 0.1) is 34.4 Å². The van der Waals surface area contributed by atoms with Gasteiger partial charge in [0.2, 0.25) is 0 Å². The van der Waals surface area contributed by atoms with Crippen molar-refractivity contribution in [3.05, 3.63) is 12.2 Å². The first kappa shape index (κ1) is 50.2. The van der Waals surface area contributed by atoms with Crippen LogP contribution in [0.4, 0.5) is 0 Å². The molecule has 2 unspecified atom stereocenters. The van der Waals surface area contributed by atoms with Crippen LogP contribution in [-0.4, -0.2) is 70.7 Å². The molecule has 9 heteroatoms. The second-order valence-corrected chi connectivity index (χ2v) is 17.1. The highest BCUT2D eigenvalue weighted by atomic mass is 31.2. The molecule has 0 bridgehead atoms. The lowest BCUT2D eigenvalue weighted by atomic mass is 10.0. The molecule has 0 radical (unpaired) electrons. The van der Waals surface area contributed by atoms with Crippen molar-refractivity contribution in [1.29, 1.82) is 0 Å². The van der Waals surface area contributed by atoms with Crippen molar-refractivity contribution in [3.63, 3.8) is 0 Å². The molecule has 0 amide bonds. The summed E-state index contributed by atoms with van der Waals surface area (Å²) in [5.41, 5.74) is 0. The number of esters is 1. The lowest BCUT2D eigenvalue weighted by molar-refractivity contribution is -0.870. The predicted molar refractivity (Wildman–Crippen MR) is 213 cm³/mol. The summed E-state index contributed by atoms with van der Waals surface area (Å²) in [5, 5.41) is 0. The average Bonchev–Trinajstić information content (AvgIpc) is 3.08. The minimum atomic E-state index is -4.52. The Kier molecular flexibility index (Phi) is 35.7. The van der Waals surface area contributed by atoms with Crippen LogP contribution in [0.5, 0.6) is 0 Å². The van der Waals surface area contributed by atoms with E-state index in [1.807, 2.05) is 21.1 Å². The zero-order valence-corrected chi connectivity index (χ0v) is 35.2. The topological polar surface area (TPSA) is 94.1 Å². The van der Waals surface area contributed by atoms with Crippen LogP contribution < -0.4 is 4.89 Å². The Balaban J connectivity index is 4.23. The van der Waals surface area contributed by atoms with Crippen molar-refractivity contribution in [2.24, 2.45) is 0 Å². The van der Waals surface area contributed by atoms with E-state index in [2.05, 4.69) is 26.0 Å². The van der Waals surface area contributed by atoms with Gasteiger partial charge in [-0.3, -0.25) is 9.36 Å². The van der Waals surface area contributed by atoms with E-state index in [4.69, 9.17) is 18.5 Å². The van der Waals surface area contributed by atoms with Gasteiger partial charge in [-0.2, -0.15) is 0 Å². The maximum Gasteiger partial charge on any atom is 0.306 e. The molecule has 0 aromatic heterocycles. The summed E-state index contributed by atoms with van der Waals surface area (Å²) < 4.78 is 34.5. The highest BCUT2D eigenvalue weighted by molar-refractivity contribution is 7.45. The summed E-state index contributed by atoms with van der Waals surface area (Å²) in [6.07, 6.45) is 37.8. The highest BCUT2D eigenvalue weighted by Crippen LogP contribution is 2.38. The monoisotopic (exact) mass is 746 g/mol. The van der Waals surface area contributed by atoms with Gasteiger partial charge >= 0.3 is 5.97 Å². The number of likely N-dealkylation sites (N-methyl/N-ethyl adjacent to an activating group) is 1. The van der Waals surface area contributed by atoms with Gasteiger partial charge in [0.15, 0.2) is 0 Å². The largest absolute Gasteiger partial charge is 0.756 e. The number of phosphoric ester groups is 1. The van der Waals surface area contributed by atoms with Gasteiger partial charge in [-0.1, -0.05) is 161 Å². The second-order valence-electron chi connectivity index (χ2n) is 15.7. The van der Waals surface area contributed by atoms with Crippen LogP contribution in [-0.2, 0) is 27.9 Å². The Morgan fingerprint density at radius 3 is 1.49 bits per heavy atom. The van der Waals surface area contributed by atoms with Gasteiger partial charge in [-0.15, -0.1) is 0 Å². The van der Waals surface area contributed by atoms with E-state index in [0.717, 1.165) is 32.1 Å². The molecule has 2 atom stereocenters. The number of rotatable bonds is 40. The number of carbonyl (C=O) groups is 1.